The molecule has 1 aliphatic heterocycles. The summed E-state index contributed by atoms with van der Waals surface area (Å²) in [4.78, 5) is 155. The predicted octanol–water partition coefficient (Wildman–Crippen LogP) is 4.13. The summed E-state index contributed by atoms with van der Waals surface area (Å²) in [6.45, 7) is 32.1. The van der Waals surface area contributed by atoms with Crippen LogP contribution in [0.3, 0.4) is 0 Å². The molecule has 1 fully saturated rings. The molecule has 85 heavy (non-hydrogen) atoms. The number of hydrogen-bond donors (Lipinski definition) is 5. The van der Waals surface area contributed by atoms with Gasteiger partial charge in [-0.3, -0.25) is 47.9 Å². The van der Waals surface area contributed by atoms with Crippen LogP contribution in [0.4, 0.5) is 0 Å². The molecule has 0 aliphatic carbocycles. The summed E-state index contributed by atoms with van der Waals surface area (Å²) in [6, 6.07) is -11.7. The van der Waals surface area contributed by atoms with Crippen molar-refractivity contribution in [3.63, 3.8) is 0 Å². The predicted molar refractivity (Wildman–Crippen MR) is 333 cm³/mol. The van der Waals surface area contributed by atoms with Crippen LogP contribution in [0, 0.1) is 41.4 Å². The molecule has 22 heteroatoms. The molecule has 0 aromatic carbocycles. The van der Waals surface area contributed by atoms with Crippen LogP contribution < -0.4 is 21.3 Å². The van der Waals surface area contributed by atoms with Crippen LogP contribution in [0.1, 0.15) is 163 Å². The number of aliphatic hydroxyl groups excluding tert-OH is 1. The van der Waals surface area contributed by atoms with E-state index in [1.54, 1.807) is 34.7 Å². The third-order valence-corrected chi connectivity index (χ3v) is 16.5. The summed E-state index contributed by atoms with van der Waals surface area (Å²) in [5.41, 5.74) is 0. The van der Waals surface area contributed by atoms with Gasteiger partial charge in [0, 0.05) is 55.4 Å². The van der Waals surface area contributed by atoms with Crippen molar-refractivity contribution in [2.24, 2.45) is 41.4 Å². The van der Waals surface area contributed by atoms with Crippen molar-refractivity contribution in [2.75, 3.05) is 55.9 Å². The minimum Gasteiger partial charge on any atom is -0.391 e. The van der Waals surface area contributed by atoms with E-state index in [1.165, 1.54) is 90.4 Å². The molecule has 1 saturated heterocycles. The van der Waals surface area contributed by atoms with E-state index in [2.05, 4.69) is 21.3 Å². The van der Waals surface area contributed by atoms with Crippen LogP contribution in [0.25, 0.3) is 0 Å². The number of carbonyl (C=O) groups excluding carboxylic acids is 10. The number of carbonyl (C=O) groups is 10. The smallest absolute Gasteiger partial charge is 0.245 e. The van der Waals surface area contributed by atoms with Gasteiger partial charge < -0.3 is 60.7 Å². The lowest BCUT2D eigenvalue weighted by Gasteiger charge is -2.44. The lowest BCUT2D eigenvalue weighted by molar-refractivity contribution is -0.156. The molecule has 1 rings (SSSR count). The van der Waals surface area contributed by atoms with Gasteiger partial charge in [-0.2, -0.15) is 0 Å². The second-order valence-corrected chi connectivity index (χ2v) is 26.6. The topological polar surface area (TPSA) is 262 Å². The molecule has 22 nitrogen and oxygen atoms in total. The number of nitrogens with one attached hydrogen (secondary N) is 4. The number of allylic oxidation sites excluding steroid dienone is 2. The van der Waals surface area contributed by atoms with Crippen molar-refractivity contribution in [1.29, 1.82) is 0 Å². The Hall–Kier alpha value is -5.64. The second kappa shape index (κ2) is 35.2. The molecule has 13 atom stereocenters. The van der Waals surface area contributed by atoms with Gasteiger partial charge in [-0.25, -0.2) is 0 Å². The van der Waals surface area contributed by atoms with Crippen LogP contribution in [0.15, 0.2) is 12.2 Å². The number of amides is 10. The highest BCUT2D eigenvalue weighted by molar-refractivity contribution is 5.98. The zero-order valence-corrected chi connectivity index (χ0v) is 56.7. The molecule has 0 spiro atoms. The molecule has 0 aromatic heterocycles. The Labute approximate surface area is 511 Å². The van der Waals surface area contributed by atoms with Gasteiger partial charge >= 0.3 is 0 Å². The average molecular weight is 1200 g/mol. The van der Waals surface area contributed by atoms with Crippen LogP contribution >= 0.6 is 0 Å². The van der Waals surface area contributed by atoms with E-state index < -0.39 is 150 Å². The molecule has 1 heterocycles. The first-order valence-corrected chi connectivity index (χ1v) is 31.0. The minimum atomic E-state index is -1.21. The Morgan fingerprint density at radius 1 is 0.494 bits per heavy atom. The van der Waals surface area contributed by atoms with E-state index >= 15 is 9.59 Å². The third kappa shape index (κ3) is 21.9. The summed E-state index contributed by atoms with van der Waals surface area (Å²) >= 11 is 0. The van der Waals surface area contributed by atoms with E-state index in [-0.39, 0.29) is 61.7 Å². The summed E-state index contributed by atoms with van der Waals surface area (Å²) in [7, 11) is 10.5. The monoisotopic (exact) mass is 1200 g/mol. The molecule has 3 unspecified atom stereocenters. The van der Waals surface area contributed by atoms with E-state index in [4.69, 9.17) is 0 Å². The molecular weight excluding hydrogens is 1090 g/mol. The normalized spacial score (nSPS) is 27.9. The van der Waals surface area contributed by atoms with E-state index in [0.717, 1.165) is 0 Å². The van der Waals surface area contributed by atoms with Crippen molar-refractivity contribution in [1.82, 2.24) is 55.6 Å². The fourth-order valence-electron chi connectivity index (χ4n) is 11.2. The second-order valence-electron chi connectivity index (χ2n) is 26.6. The van der Waals surface area contributed by atoms with Crippen LogP contribution in [0.5, 0.6) is 0 Å². The lowest BCUT2D eigenvalue weighted by Crippen LogP contribution is -2.64. The molecule has 0 saturated carbocycles. The van der Waals surface area contributed by atoms with Crippen molar-refractivity contribution in [2.45, 2.75) is 236 Å². The number of hydrogen-bond acceptors (Lipinski definition) is 12. The standard InChI is InChI=1S/C63H115N11O11/c1-26-28-29-41(15)54(76)53-42(16)64-45(27-2)59(81)68(19)34-50(75)69(20)46(30-35(3)4)57(79)67-51(39(11)12)62(84)70(21)47(31-36(5)6)56(78)65-43(17)55(77)66-44(18)58(80)71(22)48(32-37(7)8)60(82)72(23)49(33-38(9)10)61(83)73(24)52(40(13)14)63(85)74(53)25/h26,28,35-49,51-54,64,76H,27,29-34H2,1-25H3,(H,65,78)(H,66,77)(H,67,79)/b28-26+/t41-,42?,43+,44?,45+,46+,47+,48+,49?,51+,52+,53-,54-/m1/s1. The Morgan fingerprint density at radius 2 is 0.918 bits per heavy atom. The maximum absolute atomic E-state index is 15.3. The summed E-state index contributed by atoms with van der Waals surface area (Å²) in [6.07, 6.45) is 4.11. The first-order chi connectivity index (χ1) is 39.2. The summed E-state index contributed by atoms with van der Waals surface area (Å²) in [5.74, 6) is -7.55. The average Bonchev–Trinajstić information content (AvgIpc) is 3.62. The van der Waals surface area contributed by atoms with Crippen molar-refractivity contribution < 1.29 is 53.1 Å². The highest BCUT2D eigenvalue weighted by Gasteiger charge is 2.45. The van der Waals surface area contributed by atoms with Gasteiger partial charge in [0.15, 0.2) is 0 Å². The quantitative estimate of drug-likeness (QED) is 0.145. The Kier molecular flexibility index (Phi) is 32.1. The van der Waals surface area contributed by atoms with E-state index in [1.807, 2.05) is 95.2 Å². The number of rotatable bonds is 15. The highest BCUT2D eigenvalue weighted by Crippen LogP contribution is 2.26. The SMILES string of the molecule is C/C=C/C[C@@H](C)[C@@H](O)[C@H]1C(C)N[C@@H](CC)C(=O)N(C)CC(=O)N(C)[C@@H](CC(C)C)C(=O)N[C@@H](C(C)C)C(=O)N(C)[C@@H](CC(C)C)C(=O)N[C@@H](C)C(=O)NC(C)C(=O)N(C)[C@@H](CC(C)C)C(=O)N(C)C(CC(C)C)C(=O)N(C)[C@@H](C(C)C)C(=O)N1C. The molecule has 10 amide bonds. The summed E-state index contributed by atoms with van der Waals surface area (Å²) < 4.78 is 0. The van der Waals surface area contributed by atoms with Gasteiger partial charge in [0.25, 0.3) is 0 Å². The van der Waals surface area contributed by atoms with Crippen LogP contribution in [-0.2, 0) is 47.9 Å². The molecule has 1 aliphatic rings. The van der Waals surface area contributed by atoms with Gasteiger partial charge in [0.1, 0.15) is 48.3 Å². The number of aliphatic hydroxyl groups is 1. The number of likely N-dealkylation sites (N-methyl/N-ethyl adjacent to an activating group) is 7. The fraction of sp³-hybridized carbons (Fsp3) is 0.810. The van der Waals surface area contributed by atoms with Gasteiger partial charge in [0.2, 0.25) is 59.1 Å². The van der Waals surface area contributed by atoms with Crippen LogP contribution in [0.2, 0.25) is 0 Å². The maximum Gasteiger partial charge on any atom is 0.245 e. The van der Waals surface area contributed by atoms with E-state index in [0.29, 0.717) is 6.42 Å². The Morgan fingerprint density at radius 3 is 1.36 bits per heavy atom. The van der Waals surface area contributed by atoms with Crippen molar-refractivity contribution in [3.05, 3.63) is 12.2 Å². The van der Waals surface area contributed by atoms with E-state index in [9.17, 15) is 43.5 Å². The number of nitrogens with zero attached hydrogens (tertiary/aromatic N) is 7. The molecule has 0 radical (unpaired) electrons. The zero-order chi connectivity index (χ0) is 66.0. The van der Waals surface area contributed by atoms with Crippen molar-refractivity contribution in [3.8, 4) is 0 Å². The van der Waals surface area contributed by atoms with Gasteiger partial charge in [-0.05, 0) is 108 Å². The first-order valence-electron chi connectivity index (χ1n) is 31.0. The summed E-state index contributed by atoms with van der Waals surface area (Å²) in [5, 5.41) is 24.0. The Balaban J connectivity index is 4.32. The fourth-order valence-corrected chi connectivity index (χ4v) is 11.2. The van der Waals surface area contributed by atoms with Crippen LogP contribution in [-0.4, -0.2) is 227 Å². The highest BCUT2D eigenvalue weighted by atomic mass is 16.3. The van der Waals surface area contributed by atoms with Gasteiger partial charge in [-0.1, -0.05) is 109 Å². The Bertz CT molecular complexity index is 2270. The molecular formula is C63H115N11O11. The molecule has 488 valence electrons. The largest absolute Gasteiger partial charge is 0.391 e. The van der Waals surface area contributed by atoms with Gasteiger partial charge in [-0.15, -0.1) is 0 Å². The molecule has 0 bridgehead atoms. The zero-order valence-electron chi connectivity index (χ0n) is 56.7. The molecule has 0 aromatic rings. The minimum absolute atomic E-state index is 0.0989. The lowest BCUT2D eigenvalue weighted by atomic mass is 9.88. The molecule has 5 N–H and O–H groups in total. The third-order valence-electron chi connectivity index (χ3n) is 16.5. The first kappa shape index (κ1) is 77.4. The van der Waals surface area contributed by atoms with Gasteiger partial charge in [0.05, 0.1) is 24.7 Å². The maximum atomic E-state index is 15.3. The van der Waals surface area contributed by atoms with Crippen molar-refractivity contribution >= 4 is 59.1 Å².